The predicted octanol–water partition coefficient (Wildman–Crippen LogP) is 0.222. The van der Waals surface area contributed by atoms with E-state index in [1.54, 1.807) is 12.1 Å². The standard InChI is InChI=1S/C12H13N5O3/c1-7(18)14-9-4-2-8(3-5-9)6-10-15-12(20-17-10)11(19)16-13/h2-5H,6,13H2,1H3,(H,14,18)(H,16,19). The van der Waals surface area contributed by atoms with Crippen LogP contribution in [0, 0.1) is 0 Å². The smallest absolute Gasteiger partial charge is 0.323 e. The summed E-state index contributed by atoms with van der Waals surface area (Å²) in [6.45, 7) is 1.44. The molecule has 8 nitrogen and oxygen atoms in total. The molecule has 2 rings (SSSR count). The third-order valence-corrected chi connectivity index (χ3v) is 2.43. The van der Waals surface area contributed by atoms with Crippen molar-refractivity contribution in [3.8, 4) is 0 Å². The van der Waals surface area contributed by atoms with E-state index >= 15 is 0 Å². The summed E-state index contributed by atoms with van der Waals surface area (Å²) in [4.78, 5) is 26.0. The minimum Gasteiger partial charge on any atom is -0.328 e. The van der Waals surface area contributed by atoms with Gasteiger partial charge >= 0.3 is 11.8 Å². The fourth-order valence-electron chi connectivity index (χ4n) is 1.57. The normalized spacial score (nSPS) is 10.1. The predicted molar refractivity (Wildman–Crippen MR) is 69.5 cm³/mol. The lowest BCUT2D eigenvalue weighted by atomic mass is 10.1. The number of benzene rings is 1. The van der Waals surface area contributed by atoms with Gasteiger partial charge in [-0.1, -0.05) is 17.3 Å². The minimum atomic E-state index is -0.634. The first-order valence-electron chi connectivity index (χ1n) is 5.78. The topological polar surface area (TPSA) is 123 Å². The molecule has 0 aliphatic carbocycles. The number of aromatic nitrogens is 2. The number of carbonyl (C=O) groups excluding carboxylic acids is 2. The van der Waals surface area contributed by atoms with E-state index in [2.05, 4.69) is 15.5 Å². The van der Waals surface area contributed by atoms with E-state index in [1.807, 2.05) is 17.6 Å². The van der Waals surface area contributed by atoms with Crippen LogP contribution in [0.5, 0.6) is 0 Å². The summed E-state index contributed by atoms with van der Waals surface area (Å²) in [6, 6.07) is 7.18. The molecule has 1 aromatic carbocycles. The number of nitrogen functional groups attached to an aromatic ring is 1. The SMILES string of the molecule is CC(=O)Nc1ccc(Cc2noc(C(=O)NN)n2)cc1. The summed E-state index contributed by atoms with van der Waals surface area (Å²) >= 11 is 0. The van der Waals surface area contributed by atoms with Crippen LogP contribution in [0.25, 0.3) is 0 Å². The summed E-state index contributed by atoms with van der Waals surface area (Å²) in [5, 5.41) is 6.35. The quantitative estimate of drug-likeness (QED) is 0.416. The van der Waals surface area contributed by atoms with Crippen molar-refractivity contribution >= 4 is 17.5 Å². The lowest BCUT2D eigenvalue weighted by molar-refractivity contribution is -0.114. The average Bonchev–Trinajstić information content (AvgIpc) is 2.88. The van der Waals surface area contributed by atoms with Crippen LogP contribution in [0.4, 0.5) is 5.69 Å². The summed E-state index contributed by atoms with van der Waals surface area (Å²) < 4.78 is 4.76. The molecule has 0 radical (unpaired) electrons. The van der Waals surface area contributed by atoms with Crippen LogP contribution in [0.3, 0.4) is 0 Å². The van der Waals surface area contributed by atoms with Crippen LogP contribution >= 0.6 is 0 Å². The second-order valence-electron chi connectivity index (χ2n) is 4.04. The lowest BCUT2D eigenvalue weighted by Gasteiger charge is -2.02. The van der Waals surface area contributed by atoms with Crippen LogP contribution in [0.2, 0.25) is 0 Å². The molecule has 0 aliphatic heterocycles. The van der Waals surface area contributed by atoms with Crippen molar-refractivity contribution in [2.75, 3.05) is 5.32 Å². The molecule has 0 atom stereocenters. The number of nitrogens with one attached hydrogen (secondary N) is 2. The summed E-state index contributed by atoms with van der Waals surface area (Å²) in [6.07, 6.45) is 0.404. The van der Waals surface area contributed by atoms with Crippen LogP contribution in [-0.4, -0.2) is 22.0 Å². The minimum absolute atomic E-state index is 0.131. The zero-order chi connectivity index (χ0) is 14.5. The van der Waals surface area contributed by atoms with Crippen molar-refractivity contribution in [3.05, 3.63) is 41.5 Å². The summed E-state index contributed by atoms with van der Waals surface area (Å²) in [5.41, 5.74) is 3.53. The maximum atomic E-state index is 11.2. The number of amides is 2. The zero-order valence-electron chi connectivity index (χ0n) is 10.7. The molecule has 0 fully saturated rings. The Kier molecular flexibility index (Phi) is 4.06. The molecule has 2 aromatic rings. The molecule has 1 heterocycles. The average molecular weight is 275 g/mol. The highest BCUT2D eigenvalue weighted by atomic mass is 16.5. The van der Waals surface area contributed by atoms with Crippen LogP contribution in [0.1, 0.15) is 29.0 Å². The lowest BCUT2D eigenvalue weighted by Crippen LogP contribution is -2.30. The van der Waals surface area contributed by atoms with Gasteiger partial charge in [0.15, 0.2) is 5.82 Å². The van der Waals surface area contributed by atoms with Gasteiger partial charge in [-0.25, -0.2) is 5.84 Å². The van der Waals surface area contributed by atoms with Gasteiger partial charge in [0, 0.05) is 19.0 Å². The van der Waals surface area contributed by atoms with Gasteiger partial charge in [-0.15, -0.1) is 0 Å². The molecule has 2 amide bonds. The van der Waals surface area contributed by atoms with E-state index in [9.17, 15) is 9.59 Å². The number of nitrogens with zero attached hydrogens (tertiary/aromatic N) is 2. The number of anilines is 1. The first kappa shape index (κ1) is 13.7. The molecule has 0 unspecified atom stereocenters. The Morgan fingerprint density at radius 2 is 2.00 bits per heavy atom. The number of hydrogen-bond donors (Lipinski definition) is 3. The highest BCUT2D eigenvalue weighted by Gasteiger charge is 2.13. The second-order valence-corrected chi connectivity index (χ2v) is 4.04. The van der Waals surface area contributed by atoms with Crippen LogP contribution in [-0.2, 0) is 11.2 Å². The van der Waals surface area contributed by atoms with E-state index in [0.717, 1.165) is 5.56 Å². The molecule has 0 saturated carbocycles. The maximum Gasteiger partial charge on any atom is 0.323 e. The largest absolute Gasteiger partial charge is 0.328 e. The van der Waals surface area contributed by atoms with E-state index in [0.29, 0.717) is 17.9 Å². The molecular formula is C12H13N5O3. The van der Waals surface area contributed by atoms with Crippen molar-refractivity contribution in [1.29, 1.82) is 0 Å². The van der Waals surface area contributed by atoms with Crippen molar-refractivity contribution in [2.24, 2.45) is 5.84 Å². The van der Waals surface area contributed by atoms with Gasteiger partial charge in [-0.05, 0) is 17.7 Å². The van der Waals surface area contributed by atoms with E-state index < -0.39 is 5.91 Å². The van der Waals surface area contributed by atoms with Crippen molar-refractivity contribution < 1.29 is 14.1 Å². The van der Waals surface area contributed by atoms with E-state index in [1.165, 1.54) is 6.92 Å². The van der Waals surface area contributed by atoms with Gasteiger partial charge in [0.25, 0.3) is 0 Å². The highest BCUT2D eigenvalue weighted by Crippen LogP contribution is 2.12. The Hall–Kier alpha value is -2.74. The Bertz CT molecular complexity index is 620. The van der Waals surface area contributed by atoms with Crippen molar-refractivity contribution in [2.45, 2.75) is 13.3 Å². The fraction of sp³-hybridized carbons (Fsp3) is 0.167. The van der Waals surface area contributed by atoms with Gasteiger partial charge in [0.05, 0.1) is 0 Å². The van der Waals surface area contributed by atoms with Crippen molar-refractivity contribution in [1.82, 2.24) is 15.6 Å². The van der Waals surface area contributed by atoms with E-state index in [4.69, 9.17) is 10.4 Å². The Morgan fingerprint density at radius 1 is 1.30 bits per heavy atom. The van der Waals surface area contributed by atoms with Gasteiger partial charge < -0.3 is 9.84 Å². The molecular weight excluding hydrogens is 262 g/mol. The molecule has 20 heavy (non-hydrogen) atoms. The molecule has 4 N–H and O–H groups in total. The molecule has 0 saturated heterocycles. The molecule has 104 valence electrons. The molecule has 8 heteroatoms. The van der Waals surface area contributed by atoms with Gasteiger partial charge in [0.2, 0.25) is 5.91 Å². The number of hydrogen-bond acceptors (Lipinski definition) is 6. The monoisotopic (exact) mass is 275 g/mol. The van der Waals surface area contributed by atoms with Gasteiger partial charge in [-0.3, -0.25) is 15.0 Å². The van der Waals surface area contributed by atoms with Gasteiger partial charge in [-0.2, -0.15) is 4.98 Å². The molecule has 0 aliphatic rings. The number of carbonyl (C=O) groups is 2. The van der Waals surface area contributed by atoms with Crippen LogP contribution in [0.15, 0.2) is 28.8 Å². The van der Waals surface area contributed by atoms with Crippen molar-refractivity contribution in [3.63, 3.8) is 0 Å². The Morgan fingerprint density at radius 3 is 2.60 bits per heavy atom. The third-order valence-electron chi connectivity index (χ3n) is 2.43. The Labute approximate surface area is 114 Å². The van der Waals surface area contributed by atoms with Gasteiger partial charge in [0.1, 0.15) is 0 Å². The number of nitrogens with two attached hydrogens (primary N) is 1. The highest BCUT2D eigenvalue weighted by molar-refractivity contribution is 5.89. The number of rotatable bonds is 4. The Balaban J connectivity index is 2.04. The third kappa shape index (κ3) is 3.39. The first-order valence-corrected chi connectivity index (χ1v) is 5.78. The first-order chi connectivity index (χ1) is 9.58. The molecule has 0 spiro atoms. The zero-order valence-corrected chi connectivity index (χ0v) is 10.7. The summed E-state index contributed by atoms with van der Waals surface area (Å²) in [7, 11) is 0. The fourth-order valence-corrected chi connectivity index (χ4v) is 1.57. The molecule has 1 aromatic heterocycles. The maximum absolute atomic E-state index is 11.2. The molecule has 0 bridgehead atoms. The van der Waals surface area contributed by atoms with E-state index in [-0.39, 0.29) is 11.8 Å². The second kappa shape index (κ2) is 5.93. The number of hydrazine groups is 1. The van der Waals surface area contributed by atoms with Crippen LogP contribution < -0.4 is 16.6 Å². The summed E-state index contributed by atoms with van der Waals surface area (Å²) in [5.74, 6) is 4.38.